The zero-order chi connectivity index (χ0) is 19.7. The van der Waals surface area contributed by atoms with Crippen LogP contribution < -0.4 is 9.47 Å². The summed E-state index contributed by atoms with van der Waals surface area (Å²) in [5.74, 6) is 2.62. The molecule has 0 amide bonds. The fourth-order valence-corrected chi connectivity index (χ4v) is 3.94. The molecule has 4 rings (SSSR count). The highest BCUT2D eigenvalue weighted by Gasteiger charge is 2.17. The molecular formula is C19H22N6O2S. The van der Waals surface area contributed by atoms with Crippen molar-refractivity contribution >= 4 is 16.3 Å². The van der Waals surface area contributed by atoms with E-state index in [1.165, 1.54) is 11.3 Å². The van der Waals surface area contributed by atoms with Gasteiger partial charge in [0.05, 0.1) is 14.2 Å². The van der Waals surface area contributed by atoms with Crippen molar-refractivity contribution in [3.8, 4) is 23.0 Å². The normalized spacial score (nSPS) is 11.5. The number of rotatable bonds is 7. The molecule has 0 saturated heterocycles. The highest BCUT2D eigenvalue weighted by molar-refractivity contribution is 7.16. The molecule has 0 spiro atoms. The summed E-state index contributed by atoms with van der Waals surface area (Å²) in [6.07, 6.45) is 1.61. The Morgan fingerprint density at radius 2 is 1.93 bits per heavy atom. The minimum atomic E-state index is 0.555. The van der Waals surface area contributed by atoms with E-state index in [2.05, 4.69) is 34.2 Å². The van der Waals surface area contributed by atoms with Crippen molar-refractivity contribution in [1.29, 1.82) is 0 Å². The average molecular weight is 398 g/mol. The molecular weight excluding hydrogens is 376 g/mol. The molecule has 3 aromatic heterocycles. The molecule has 0 aliphatic heterocycles. The molecule has 8 nitrogen and oxygen atoms in total. The Labute approximate surface area is 166 Å². The molecule has 0 atom stereocenters. The van der Waals surface area contributed by atoms with Crippen molar-refractivity contribution in [1.82, 2.24) is 30.0 Å². The SMILES string of the molecule is COc1ccc(Cc2nn3c(-c4cc(CC(C)C)[nH]n4)nnc3s2)cc1OC. The van der Waals surface area contributed by atoms with E-state index in [1.807, 2.05) is 24.3 Å². The molecule has 28 heavy (non-hydrogen) atoms. The average Bonchev–Trinajstić information content (AvgIpc) is 3.37. The van der Waals surface area contributed by atoms with Gasteiger partial charge in [-0.25, -0.2) is 0 Å². The van der Waals surface area contributed by atoms with Crippen LogP contribution in [0, 0.1) is 5.92 Å². The minimum Gasteiger partial charge on any atom is -0.493 e. The second-order valence-corrected chi connectivity index (χ2v) is 8.00. The molecule has 0 fully saturated rings. The fourth-order valence-electron chi connectivity index (χ4n) is 3.07. The van der Waals surface area contributed by atoms with Gasteiger partial charge in [0, 0.05) is 12.1 Å². The summed E-state index contributed by atoms with van der Waals surface area (Å²) in [6.45, 7) is 4.35. The van der Waals surface area contributed by atoms with Gasteiger partial charge in [-0.05, 0) is 36.1 Å². The number of hydrogen-bond donors (Lipinski definition) is 1. The van der Waals surface area contributed by atoms with Gasteiger partial charge in [0.15, 0.2) is 11.5 Å². The molecule has 1 N–H and O–H groups in total. The molecule has 1 aromatic carbocycles. The maximum atomic E-state index is 5.38. The van der Waals surface area contributed by atoms with Gasteiger partial charge in [-0.2, -0.15) is 14.7 Å². The van der Waals surface area contributed by atoms with Gasteiger partial charge >= 0.3 is 0 Å². The van der Waals surface area contributed by atoms with E-state index in [-0.39, 0.29) is 0 Å². The first-order chi connectivity index (χ1) is 13.6. The lowest BCUT2D eigenvalue weighted by Gasteiger charge is -2.08. The van der Waals surface area contributed by atoms with Crippen molar-refractivity contribution in [2.75, 3.05) is 14.2 Å². The Morgan fingerprint density at radius 3 is 2.68 bits per heavy atom. The standard InChI is InChI=1S/C19H22N6O2S/c1-11(2)7-13-10-14(21-20-13)18-22-23-19-25(18)24-17(28-19)9-12-5-6-15(26-3)16(8-12)27-4/h5-6,8,10-11H,7,9H2,1-4H3,(H,20,21). The van der Waals surface area contributed by atoms with E-state index in [9.17, 15) is 0 Å². The van der Waals surface area contributed by atoms with E-state index >= 15 is 0 Å². The third kappa shape index (κ3) is 3.57. The summed E-state index contributed by atoms with van der Waals surface area (Å²) in [5.41, 5.74) is 2.93. The van der Waals surface area contributed by atoms with Crippen LogP contribution in [0.3, 0.4) is 0 Å². The Morgan fingerprint density at radius 1 is 1.11 bits per heavy atom. The molecule has 3 heterocycles. The topological polar surface area (TPSA) is 90.2 Å². The second-order valence-electron chi connectivity index (χ2n) is 6.96. The van der Waals surface area contributed by atoms with Crippen LogP contribution in [-0.4, -0.2) is 44.2 Å². The van der Waals surface area contributed by atoms with Gasteiger partial charge in [-0.1, -0.05) is 31.3 Å². The van der Waals surface area contributed by atoms with Gasteiger partial charge in [0.1, 0.15) is 10.7 Å². The first kappa shape index (κ1) is 18.4. The molecule has 4 aromatic rings. The van der Waals surface area contributed by atoms with Crippen LogP contribution in [0.4, 0.5) is 0 Å². The largest absolute Gasteiger partial charge is 0.493 e. The number of methoxy groups -OCH3 is 2. The lowest BCUT2D eigenvalue weighted by Crippen LogP contribution is -1.95. The van der Waals surface area contributed by atoms with E-state index in [4.69, 9.17) is 14.6 Å². The number of aromatic nitrogens is 6. The monoisotopic (exact) mass is 398 g/mol. The second kappa shape index (κ2) is 7.59. The zero-order valence-electron chi connectivity index (χ0n) is 16.3. The molecule has 0 aliphatic carbocycles. The molecule has 9 heteroatoms. The summed E-state index contributed by atoms with van der Waals surface area (Å²) < 4.78 is 12.4. The van der Waals surface area contributed by atoms with Gasteiger partial charge in [-0.15, -0.1) is 10.2 Å². The van der Waals surface area contributed by atoms with E-state index < -0.39 is 0 Å². The van der Waals surface area contributed by atoms with Gasteiger partial charge < -0.3 is 9.47 Å². The summed E-state index contributed by atoms with van der Waals surface area (Å²) in [5, 5.41) is 21.6. The maximum absolute atomic E-state index is 5.38. The summed E-state index contributed by atoms with van der Waals surface area (Å²) in [7, 11) is 3.26. The Hall–Kier alpha value is -2.94. The molecule has 0 unspecified atom stereocenters. The van der Waals surface area contributed by atoms with Crippen LogP contribution >= 0.6 is 11.3 Å². The van der Waals surface area contributed by atoms with Crippen LogP contribution in [0.2, 0.25) is 0 Å². The summed E-state index contributed by atoms with van der Waals surface area (Å²) in [6, 6.07) is 7.90. The number of nitrogens with one attached hydrogen (secondary N) is 1. The number of benzene rings is 1. The van der Waals surface area contributed by atoms with Crippen LogP contribution in [-0.2, 0) is 12.8 Å². The van der Waals surface area contributed by atoms with E-state index in [1.54, 1.807) is 18.7 Å². The highest BCUT2D eigenvalue weighted by Crippen LogP contribution is 2.29. The first-order valence-electron chi connectivity index (χ1n) is 9.04. The molecule has 146 valence electrons. The predicted octanol–water partition coefficient (Wildman–Crippen LogP) is 3.38. The van der Waals surface area contributed by atoms with Gasteiger partial charge in [0.25, 0.3) is 0 Å². The smallest absolute Gasteiger partial charge is 0.235 e. The molecule has 0 saturated carbocycles. The van der Waals surface area contributed by atoms with E-state index in [0.29, 0.717) is 29.7 Å². The number of hydrogen-bond acceptors (Lipinski definition) is 7. The molecule has 0 aliphatic rings. The predicted molar refractivity (Wildman–Crippen MR) is 107 cm³/mol. The highest BCUT2D eigenvalue weighted by atomic mass is 32.1. The summed E-state index contributed by atoms with van der Waals surface area (Å²) >= 11 is 1.52. The lowest BCUT2D eigenvalue weighted by atomic mass is 10.1. The third-order valence-corrected chi connectivity index (χ3v) is 5.22. The van der Waals surface area contributed by atoms with Crippen molar-refractivity contribution in [2.45, 2.75) is 26.7 Å². The zero-order valence-corrected chi connectivity index (χ0v) is 17.1. The quantitative estimate of drug-likeness (QED) is 0.513. The Bertz CT molecular complexity index is 1100. The van der Waals surface area contributed by atoms with Gasteiger partial charge in [-0.3, -0.25) is 5.10 Å². The number of nitrogens with zero attached hydrogens (tertiary/aromatic N) is 5. The van der Waals surface area contributed by atoms with Gasteiger partial charge in [0.2, 0.25) is 10.8 Å². The number of ether oxygens (including phenoxy) is 2. The Kier molecular flexibility index (Phi) is 4.99. The number of aromatic amines is 1. The van der Waals surface area contributed by atoms with Crippen LogP contribution in [0.5, 0.6) is 11.5 Å². The lowest BCUT2D eigenvalue weighted by molar-refractivity contribution is 0.354. The summed E-state index contributed by atoms with van der Waals surface area (Å²) in [4.78, 5) is 0.749. The number of fused-ring (bicyclic) bond motifs is 1. The van der Waals surface area contributed by atoms with Crippen molar-refractivity contribution in [3.63, 3.8) is 0 Å². The van der Waals surface area contributed by atoms with E-state index in [0.717, 1.165) is 33.3 Å². The van der Waals surface area contributed by atoms with Crippen LogP contribution in [0.15, 0.2) is 24.3 Å². The van der Waals surface area contributed by atoms with Crippen molar-refractivity contribution in [2.24, 2.45) is 5.92 Å². The Balaban J connectivity index is 1.60. The van der Waals surface area contributed by atoms with Crippen molar-refractivity contribution < 1.29 is 9.47 Å². The van der Waals surface area contributed by atoms with Crippen LogP contribution in [0.25, 0.3) is 16.5 Å². The minimum absolute atomic E-state index is 0.555. The third-order valence-electron chi connectivity index (χ3n) is 4.32. The maximum Gasteiger partial charge on any atom is 0.235 e. The number of H-pyrrole nitrogens is 1. The fraction of sp³-hybridized carbons (Fsp3) is 0.368. The first-order valence-corrected chi connectivity index (χ1v) is 9.85. The van der Waals surface area contributed by atoms with Crippen LogP contribution in [0.1, 0.15) is 30.1 Å². The molecule has 0 radical (unpaired) electrons. The molecule has 0 bridgehead atoms. The van der Waals surface area contributed by atoms with Crippen molar-refractivity contribution in [3.05, 3.63) is 40.5 Å².